The van der Waals surface area contributed by atoms with Crippen LogP contribution >= 0.6 is 0 Å². The van der Waals surface area contributed by atoms with Gasteiger partial charge in [0.2, 0.25) is 0 Å². The SMILES string of the molecule is Cc1ccc(N(c2ccc(C=C3C(=O)N(c4ccccc4)N=C3C(=O)O)cc2)c2ccc(/C=C(/C#N)C(=O)O)cc2)cc1. The van der Waals surface area contributed by atoms with Gasteiger partial charge >= 0.3 is 11.9 Å². The second kappa shape index (κ2) is 12.1. The van der Waals surface area contributed by atoms with E-state index in [0.717, 1.165) is 27.6 Å². The maximum absolute atomic E-state index is 13.2. The first kappa shape index (κ1) is 28.3. The molecule has 4 aromatic rings. The second-order valence-corrected chi connectivity index (χ2v) is 9.59. The molecule has 0 aliphatic carbocycles. The molecule has 1 aliphatic heterocycles. The van der Waals surface area contributed by atoms with Crippen molar-refractivity contribution in [2.75, 3.05) is 9.91 Å². The topological polar surface area (TPSA) is 134 Å². The summed E-state index contributed by atoms with van der Waals surface area (Å²) in [6.07, 6.45) is 2.82. The molecular formula is C34H24N4O5. The average Bonchev–Trinajstić information content (AvgIpc) is 3.34. The first-order valence-corrected chi connectivity index (χ1v) is 13.1. The van der Waals surface area contributed by atoms with E-state index in [1.165, 1.54) is 12.2 Å². The van der Waals surface area contributed by atoms with Gasteiger partial charge in [0.05, 0.1) is 11.3 Å². The van der Waals surface area contributed by atoms with Crippen LogP contribution in [0.15, 0.2) is 119 Å². The summed E-state index contributed by atoms with van der Waals surface area (Å²) in [7, 11) is 0. The van der Waals surface area contributed by atoms with E-state index in [4.69, 9.17) is 5.26 Å². The van der Waals surface area contributed by atoms with Gasteiger partial charge in [0.25, 0.3) is 5.91 Å². The molecule has 0 saturated carbocycles. The lowest BCUT2D eigenvalue weighted by Gasteiger charge is -2.26. The van der Waals surface area contributed by atoms with Gasteiger partial charge in [0.15, 0.2) is 5.71 Å². The number of hydrogen-bond donors (Lipinski definition) is 2. The number of carbonyl (C=O) groups excluding carboxylic acids is 1. The number of aliphatic carboxylic acids is 2. The number of carboxylic acid groups (broad SMARTS) is 2. The van der Waals surface area contributed by atoms with Gasteiger partial charge < -0.3 is 15.1 Å². The van der Waals surface area contributed by atoms with Crippen LogP contribution in [-0.2, 0) is 14.4 Å². The van der Waals surface area contributed by atoms with Crippen molar-refractivity contribution in [1.82, 2.24) is 0 Å². The molecule has 0 atom stereocenters. The molecule has 0 radical (unpaired) electrons. The zero-order valence-electron chi connectivity index (χ0n) is 22.9. The molecule has 0 spiro atoms. The lowest BCUT2D eigenvalue weighted by Crippen LogP contribution is -2.22. The number of para-hydroxylation sites is 1. The number of nitriles is 1. The highest BCUT2D eigenvalue weighted by Gasteiger charge is 2.35. The molecular weight excluding hydrogens is 544 g/mol. The van der Waals surface area contributed by atoms with Crippen LogP contribution in [0, 0.1) is 18.3 Å². The lowest BCUT2D eigenvalue weighted by atomic mass is 10.1. The largest absolute Gasteiger partial charge is 0.477 e. The van der Waals surface area contributed by atoms with E-state index in [1.807, 2.05) is 60.4 Å². The van der Waals surface area contributed by atoms with E-state index < -0.39 is 17.8 Å². The van der Waals surface area contributed by atoms with E-state index in [1.54, 1.807) is 60.7 Å². The number of benzene rings is 4. The van der Waals surface area contributed by atoms with E-state index in [0.29, 0.717) is 16.8 Å². The van der Waals surface area contributed by atoms with Crippen molar-refractivity contribution in [3.05, 3.63) is 131 Å². The smallest absolute Gasteiger partial charge is 0.357 e. The van der Waals surface area contributed by atoms with E-state index >= 15 is 0 Å². The molecule has 43 heavy (non-hydrogen) atoms. The predicted molar refractivity (Wildman–Crippen MR) is 164 cm³/mol. The maximum atomic E-state index is 13.2. The molecule has 5 rings (SSSR count). The Bertz CT molecular complexity index is 1830. The first-order valence-electron chi connectivity index (χ1n) is 13.1. The zero-order chi connectivity index (χ0) is 30.5. The fourth-order valence-electron chi connectivity index (χ4n) is 4.50. The van der Waals surface area contributed by atoms with Gasteiger partial charge in [-0.05, 0) is 78.7 Å². The van der Waals surface area contributed by atoms with Gasteiger partial charge in [-0.2, -0.15) is 15.4 Å². The van der Waals surface area contributed by atoms with Gasteiger partial charge in [0, 0.05) is 17.1 Å². The number of hydrogen-bond acceptors (Lipinski definition) is 6. The van der Waals surface area contributed by atoms with Crippen LogP contribution in [-0.4, -0.2) is 33.8 Å². The molecule has 0 aromatic heterocycles. The summed E-state index contributed by atoms with van der Waals surface area (Å²) >= 11 is 0. The molecule has 2 N–H and O–H groups in total. The first-order chi connectivity index (χ1) is 20.7. The van der Waals surface area contributed by atoms with Crippen molar-refractivity contribution in [1.29, 1.82) is 5.26 Å². The zero-order valence-corrected chi connectivity index (χ0v) is 22.9. The summed E-state index contributed by atoms with van der Waals surface area (Å²) in [5.41, 5.74) is 4.44. The Morgan fingerprint density at radius 1 is 0.814 bits per heavy atom. The fourth-order valence-corrected chi connectivity index (χ4v) is 4.50. The van der Waals surface area contributed by atoms with Crippen LogP contribution in [0.1, 0.15) is 16.7 Å². The quantitative estimate of drug-likeness (QED) is 0.187. The predicted octanol–water partition coefficient (Wildman–Crippen LogP) is 6.33. The number of aryl methyl sites for hydroxylation is 1. The molecule has 0 fully saturated rings. The Morgan fingerprint density at radius 2 is 1.35 bits per heavy atom. The van der Waals surface area contributed by atoms with Gasteiger partial charge in [-0.1, -0.05) is 60.2 Å². The number of anilines is 4. The summed E-state index contributed by atoms with van der Waals surface area (Å²) in [5, 5.41) is 33.1. The molecule has 9 heteroatoms. The van der Waals surface area contributed by atoms with Crippen LogP contribution in [0.25, 0.3) is 12.2 Å². The normalized spacial score (nSPS) is 13.9. The molecule has 0 bridgehead atoms. The molecule has 0 saturated heterocycles. The Balaban J connectivity index is 1.49. The maximum Gasteiger partial charge on any atom is 0.357 e. The van der Waals surface area contributed by atoms with Crippen LogP contribution in [0.4, 0.5) is 22.7 Å². The van der Waals surface area contributed by atoms with Crippen LogP contribution in [0.5, 0.6) is 0 Å². The fraction of sp³-hybridized carbons (Fsp3) is 0.0294. The van der Waals surface area contributed by atoms with Gasteiger partial charge in [0.1, 0.15) is 11.6 Å². The summed E-state index contributed by atoms with van der Waals surface area (Å²) in [5.74, 6) is -3.13. The van der Waals surface area contributed by atoms with Crippen molar-refractivity contribution < 1.29 is 24.6 Å². The van der Waals surface area contributed by atoms with E-state index in [-0.39, 0.29) is 16.9 Å². The monoisotopic (exact) mass is 568 g/mol. The molecule has 1 amide bonds. The highest BCUT2D eigenvalue weighted by Crippen LogP contribution is 2.35. The number of amides is 1. The Morgan fingerprint density at radius 3 is 1.86 bits per heavy atom. The Hall–Kier alpha value is -6.27. The summed E-state index contributed by atoms with van der Waals surface area (Å²) < 4.78 is 0. The van der Waals surface area contributed by atoms with E-state index in [9.17, 15) is 24.6 Å². The highest BCUT2D eigenvalue weighted by atomic mass is 16.4. The number of hydrazone groups is 1. The van der Waals surface area contributed by atoms with Crippen LogP contribution in [0.3, 0.4) is 0 Å². The van der Waals surface area contributed by atoms with Crippen LogP contribution in [0.2, 0.25) is 0 Å². The number of carboxylic acids is 2. The third kappa shape index (κ3) is 6.09. The van der Waals surface area contributed by atoms with Crippen molar-refractivity contribution in [2.24, 2.45) is 5.10 Å². The lowest BCUT2D eigenvalue weighted by molar-refractivity contribution is -0.132. The highest BCUT2D eigenvalue weighted by molar-refractivity contribution is 6.53. The summed E-state index contributed by atoms with van der Waals surface area (Å²) in [6.45, 7) is 1.99. The Kier molecular flexibility index (Phi) is 7.94. The standard InChI is InChI=1S/C34H24N4O5/c1-22-7-13-26(14-8-22)37(27-15-9-23(10-16-27)19-25(21-35)33(40)41)28-17-11-24(12-18-28)20-30-31(34(42)43)36-38(32(30)39)29-5-3-2-4-6-29/h2-20H,1H3,(H,40,41)(H,42,43)/b25-19-,30-20?. The number of rotatable bonds is 8. The number of carbonyl (C=O) groups is 3. The minimum absolute atomic E-state index is 0.0266. The molecule has 210 valence electrons. The third-order valence-electron chi connectivity index (χ3n) is 6.65. The minimum atomic E-state index is -1.30. The van der Waals surface area contributed by atoms with Crippen molar-refractivity contribution in [3.8, 4) is 6.07 Å². The summed E-state index contributed by atoms with van der Waals surface area (Å²) in [4.78, 5) is 38.3. The van der Waals surface area contributed by atoms with Crippen LogP contribution < -0.4 is 9.91 Å². The molecule has 4 aromatic carbocycles. The average molecular weight is 569 g/mol. The summed E-state index contributed by atoms with van der Waals surface area (Å²) in [6, 6.07) is 32.6. The van der Waals surface area contributed by atoms with Crippen molar-refractivity contribution in [2.45, 2.75) is 6.92 Å². The van der Waals surface area contributed by atoms with E-state index in [2.05, 4.69) is 5.10 Å². The van der Waals surface area contributed by atoms with Crippen molar-refractivity contribution in [3.63, 3.8) is 0 Å². The second-order valence-electron chi connectivity index (χ2n) is 9.59. The van der Waals surface area contributed by atoms with Gasteiger partial charge in [-0.25, -0.2) is 9.59 Å². The number of nitrogens with zero attached hydrogens (tertiary/aromatic N) is 4. The van der Waals surface area contributed by atoms with Gasteiger partial charge in [-0.15, -0.1) is 0 Å². The molecule has 1 aliphatic rings. The minimum Gasteiger partial charge on any atom is -0.477 e. The third-order valence-corrected chi connectivity index (χ3v) is 6.65. The molecule has 9 nitrogen and oxygen atoms in total. The Labute approximate surface area is 247 Å². The van der Waals surface area contributed by atoms with Gasteiger partial charge in [-0.3, -0.25) is 4.79 Å². The molecule has 0 unspecified atom stereocenters. The van der Waals surface area contributed by atoms with Crippen molar-refractivity contribution >= 4 is 58.5 Å². The molecule has 1 heterocycles.